The molecule has 0 aliphatic heterocycles. The van der Waals surface area contributed by atoms with Gasteiger partial charge in [-0.1, -0.05) is 32.0 Å². The first-order valence-electron chi connectivity index (χ1n) is 7.07. The Morgan fingerprint density at radius 2 is 1.95 bits per heavy atom. The van der Waals surface area contributed by atoms with Crippen LogP contribution in [0.4, 0.5) is 11.5 Å². The zero-order chi connectivity index (χ0) is 15.4. The van der Waals surface area contributed by atoms with Crippen molar-refractivity contribution in [3.63, 3.8) is 0 Å². The van der Waals surface area contributed by atoms with Gasteiger partial charge in [-0.25, -0.2) is 4.98 Å². The summed E-state index contributed by atoms with van der Waals surface area (Å²) < 4.78 is 0. The Kier molecular flexibility index (Phi) is 4.58. The van der Waals surface area contributed by atoms with Gasteiger partial charge in [0.15, 0.2) is 0 Å². The highest BCUT2D eigenvalue weighted by Crippen LogP contribution is 2.27. The van der Waals surface area contributed by atoms with Crippen LogP contribution < -0.4 is 10.6 Å². The molecule has 1 amide bonds. The number of anilines is 2. The molecule has 0 bridgehead atoms. The van der Waals surface area contributed by atoms with E-state index < -0.39 is 0 Å². The largest absolute Gasteiger partial charge is 0.373 e. The van der Waals surface area contributed by atoms with Crippen LogP contribution in [0.1, 0.15) is 41.3 Å². The van der Waals surface area contributed by atoms with E-state index in [4.69, 9.17) is 0 Å². The first kappa shape index (κ1) is 15.0. The van der Waals surface area contributed by atoms with E-state index in [0.717, 1.165) is 22.6 Å². The van der Waals surface area contributed by atoms with Crippen molar-refractivity contribution in [2.75, 3.05) is 17.7 Å². The number of hydrogen-bond donors (Lipinski definition) is 2. The lowest BCUT2D eigenvalue weighted by molar-refractivity contribution is 0.102. The maximum atomic E-state index is 12.4. The SMILES string of the molecule is CNc1ccc(C(=O)Nc2c(C)cccc2C(C)C)cn1. The lowest BCUT2D eigenvalue weighted by atomic mass is 9.98. The van der Waals surface area contributed by atoms with Gasteiger partial charge >= 0.3 is 0 Å². The number of carbonyl (C=O) groups is 1. The molecule has 0 saturated heterocycles. The lowest BCUT2D eigenvalue weighted by Crippen LogP contribution is -2.15. The van der Waals surface area contributed by atoms with Gasteiger partial charge in [0.1, 0.15) is 5.82 Å². The first-order chi connectivity index (χ1) is 10.0. The smallest absolute Gasteiger partial charge is 0.257 e. The number of aromatic nitrogens is 1. The predicted molar refractivity (Wildman–Crippen MR) is 87.0 cm³/mol. The van der Waals surface area contributed by atoms with Crippen LogP contribution in [0, 0.1) is 6.92 Å². The molecule has 0 saturated carbocycles. The van der Waals surface area contributed by atoms with E-state index in [1.807, 2.05) is 19.1 Å². The number of nitrogens with one attached hydrogen (secondary N) is 2. The lowest BCUT2D eigenvalue weighted by Gasteiger charge is -2.16. The number of benzene rings is 1. The number of hydrogen-bond acceptors (Lipinski definition) is 3. The molecule has 1 aromatic carbocycles. The average Bonchev–Trinajstić information content (AvgIpc) is 2.49. The summed E-state index contributed by atoms with van der Waals surface area (Å²) in [5.41, 5.74) is 3.65. The highest BCUT2D eigenvalue weighted by molar-refractivity contribution is 6.05. The minimum Gasteiger partial charge on any atom is -0.373 e. The van der Waals surface area contributed by atoms with Gasteiger partial charge in [0.25, 0.3) is 5.91 Å². The molecule has 2 rings (SSSR count). The summed E-state index contributed by atoms with van der Waals surface area (Å²) in [7, 11) is 1.80. The molecule has 2 aromatic rings. The maximum Gasteiger partial charge on any atom is 0.257 e. The highest BCUT2D eigenvalue weighted by atomic mass is 16.1. The molecule has 0 unspecified atom stereocenters. The Balaban J connectivity index is 2.26. The number of rotatable bonds is 4. The van der Waals surface area contributed by atoms with Crippen molar-refractivity contribution >= 4 is 17.4 Å². The van der Waals surface area contributed by atoms with Crippen molar-refractivity contribution in [3.05, 3.63) is 53.2 Å². The van der Waals surface area contributed by atoms with E-state index in [2.05, 4.69) is 35.5 Å². The van der Waals surface area contributed by atoms with E-state index in [9.17, 15) is 4.79 Å². The van der Waals surface area contributed by atoms with Gasteiger partial charge in [0, 0.05) is 18.9 Å². The molecule has 1 aromatic heterocycles. The van der Waals surface area contributed by atoms with Crippen molar-refractivity contribution < 1.29 is 4.79 Å². The molecular formula is C17H21N3O. The Hall–Kier alpha value is -2.36. The van der Waals surface area contributed by atoms with Crippen LogP contribution in [0.3, 0.4) is 0 Å². The monoisotopic (exact) mass is 283 g/mol. The van der Waals surface area contributed by atoms with Crippen molar-refractivity contribution in [1.29, 1.82) is 0 Å². The summed E-state index contributed by atoms with van der Waals surface area (Å²) in [5.74, 6) is 0.955. The number of pyridine rings is 1. The van der Waals surface area contributed by atoms with E-state index in [1.54, 1.807) is 25.4 Å². The van der Waals surface area contributed by atoms with Gasteiger partial charge in [-0.05, 0) is 36.1 Å². The zero-order valence-electron chi connectivity index (χ0n) is 12.9. The Morgan fingerprint density at radius 1 is 1.19 bits per heavy atom. The average molecular weight is 283 g/mol. The summed E-state index contributed by atoms with van der Waals surface area (Å²) in [6.07, 6.45) is 1.58. The standard InChI is InChI=1S/C17H21N3O/c1-11(2)14-7-5-6-12(3)16(14)20-17(21)13-8-9-15(18-4)19-10-13/h5-11H,1-4H3,(H,18,19)(H,20,21). The molecule has 0 radical (unpaired) electrons. The summed E-state index contributed by atoms with van der Waals surface area (Å²) >= 11 is 0. The number of aryl methyl sites for hydroxylation is 1. The van der Waals surface area contributed by atoms with Crippen molar-refractivity contribution in [2.45, 2.75) is 26.7 Å². The summed E-state index contributed by atoms with van der Waals surface area (Å²) in [4.78, 5) is 16.5. The molecule has 0 aliphatic rings. The fourth-order valence-corrected chi connectivity index (χ4v) is 2.20. The quantitative estimate of drug-likeness (QED) is 0.897. The number of para-hydroxylation sites is 1. The molecule has 1 heterocycles. The molecule has 21 heavy (non-hydrogen) atoms. The van der Waals surface area contributed by atoms with Gasteiger partial charge < -0.3 is 10.6 Å². The van der Waals surface area contributed by atoms with Crippen LogP contribution in [0.2, 0.25) is 0 Å². The summed E-state index contributed by atoms with van der Waals surface area (Å²) in [5, 5.41) is 5.95. The predicted octanol–water partition coefficient (Wildman–Crippen LogP) is 3.81. The number of carbonyl (C=O) groups excluding carboxylic acids is 1. The Morgan fingerprint density at radius 3 is 2.52 bits per heavy atom. The molecule has 2 N–H and O–H groups in total. The third-order valence-electron chi connectivity index (χ3n) is 3.45. The van der Waals surface area contributed by atoms with Crippen molar-refractivity contribution in [3.8, 4) is 0 Å². The van der Waals surface area contributed by atoms with E-state index in [-0.39, 0.29) is 5.91 Å². The molecule has 4 heteroatoms. The number of nitrogens with zero attached hydrogens (tertiary/aromatic N) is 1. The molecule has 0 fully saturated rings. The van der Waals surface area contributed by atoms with Gasteiger partial charge in [0.2, 0.25) is 0 Å². The Labute approximate surface area is 125 Å². The third kappa shape index (κ3) is 3.40. The fraction of sp³-hybridized carbons (Fsp3) is 0.294. The van der Waals surface area contributed by atoms with Gasteiger partial charge in [-0.15, -0.1) is 0 Å². The third-order valence-corrected chi connectivity index (χ3v) is 3.45. The van der Waals surface area contributed by atoms with Crippen LogP contribution >= 0.6 is 0 Å². The minimum absolute atomic E-state index is 0.138. The van der Waals surface area contributed by atoms with Crippen LogP contribution in [-0.4, -0.2) is 17.9 Å². The van der Waals surface area contributed by atoms with E-state index in [0.29, 0.717) is 11.5 Å². The zero-order valence-corrected chi connectivity index (χ0v) is 12.9. The second-order valence-electron chi connectivity index (χ2n) is 5.33. The van der Waals surface area contributed by atoms with Crippen LogP contribution in [-0.2, 0) is 0 Å². The molecular weight excluding hydrogens is 262 g/mol. The molecule has 110 valence electrons. The Bertz CT molecular complexity index is 633. The maximum absolute atomic E-state index is 12.4. The summed E-state index contributed by atoms with van der Waals surface area (Å²) in [6.45, 7) is 6.24. The van der Waals surface area contributed by atoms with Gasteiger partial charge in [0.05, 0.1) is 5.56 Å². The molecule has 4 nitrogen and oxygen atoms in total. The minimum atomic E-state index is -0.138. The second kappa shape index (κ2) is 6.39. The molecule has 0 atom stereocenters. The van der Waals surface area contributed by atoms with Crippen LogP contribution in [0.5, 0.6) is 0 Å². The normalized spacial score (nSPS) is 10.5. The van der Waals surface area contributed by atoms with Crippen molar-refractivity contribution in [2.24, 2.45) is 0 Å². The second-order valence-corrected chi connectivity index (χ2v) is 5.33. The summed E-state index contributed by atoms with van der Waals surface area (Å²) in [6, 6.07) is 9.63. The molecule has 0 spiro atoms. The van der Waals surface area contributed by atoms with Crippen LogP contribution in [0.25, 0.3) is 0 Å². The van der Waals surface area contributed by atoms with Gasteiger partial charge in [-0.2, -0.15) is 0 Å². The number of amides is 1. The topological polar surface area (TPSA) is 54.0 Å². The first-order valence-corrected chi connectivity index (χ1v) is 7.07. The van der Waals surface area contributed by atoms with Crippen LogP contribution in [0.15, 0.2) is 36.5 Å². The van der Waals surface area contributed by atoms with E-state index >= 15 is 0 Å². The highest BCUT2D eigenvalue weighted by Gasteiger charge is 2.13. The van der Waals surface area contributed by atoms with Crippen molar-refractivity contribution in [1.82, 2.24) is 4.98 Å². The molecule has 0 aliphatic carbocycles. The van der Waals surface area contributed by atoms with E-state index in [1.165, 1.54) is 0 Å². The van der Waals surface area contributed by atoms with Gasteiger partial charge in [-0.3, -0.25) is 4.79 Å². The fourth-order valence-electron chi connectivity index (χ4n) is 2.20.